The lowest BCUT2D eigenvalue weighted by Gasteiger charge is -2.37. The van der Waals surface area contributed by atoms with Crippen LogP contribution in [0.3, 0.4) is 0 Å². The first-order valence-corrected chi connectivity index (χ1v) is 8.37. The Morgan fingerprint density at radius 1 is 1.26 bits per heavy atom. The Labute approximate surface area is 138 Å². The maximum absolute atomic E-state index is 12.3. The van der Waals surface area contributed by atoms with Gasteiger partial charge in [0.2, 0.25) is 0 Å². The van der Waals surface area contributed by atoms with Gasteiger partial charge in [-0.1, -0.05) is 25.1 Å². The molecule has 0 aliphatic heterocycles. The maximum Gasteiger partial charge on any atom is 0.302 e. The molecule has 0 saturated heterocycles. The van der Waals surface area contributed by atoms with Crippen LogP contribution in [0.4, 0.5) is 0 Å². The first-order chi connectivity index (χ1) is 10.9. The molecular formula is C19H27NO3. The number of esters is 1. The number of carbonyl (C=O) groups is 2. The molecule has 1 amide bonds. The minimum Gasteiger partial charge on any atom is -0.466 e. The summed E-state index contributed by atoms with van der Waals surface area (Å²) in [4.78, 5) is 23.2. The number of rotatable bonds is 5. The van der Waals surface area contributed by atoms with Crippen LogP contribution in [0, 0.1) is 18.3 Å². The van der Waals surface area contributed by atoms with Gasteiger partial charge >= 0.3 is 5.97 Å². The van der Waals surface area contributed by atoms with Crippen LogP contribution in [0.1, 0.15) is 55.5 Å². The standard InChI is InChI=1S/C19H27NO3/c1-14-6-4-5-7-17(14)18(22)20-13-19(3)10-8-16(9-11-19)12-23-15(2)21/h4-7,16H,8-13H2,1-3H3,(H,20,22). The molecule has 126 valence electrons. The zero-order chi connectivity index (χ0) is 16.9. The van der Waals surface area contributed by atoms with Gasteiger partial charge in [0.1, 0.15) is 0 Å². The van der Waals surface area contributed by atoms with Gasteiger partial charge in [-0.3, -0.25) is 9.59 Å². The summed E-state index contributed by atoms with van der Waals surface area (Å²) in [5.41, 5.74) is 1.88. The lowest BCUT2D eigenvalue weighted by Crippen LogP contribution is -2.39. The second kappa shape index (κ2) is 7.62. The second-order valence-electron chi connectivity index (χ2n) is 7.05. The molecule has 1 aromatic rings. The third kappa shape index (κ3) is 5.08. The van der Waals surface area contributed by atoms with Crippen molar-refractivity contribution in [3.63, 3.8) is 0 Å². The van der Waals surface area contributed by atoms with Gasteiger partial charge in [-0.05, 0) is 55.6 Å². The molecule has 4 nitrogen and oxygen atoms in total. The lowest BCUT2D eigenvalue weighted by molar-refractivity contribution is -0.142. The molecule has 0 spiro atoms. The van der Waals surface area contributed by atoms with Crippen LogP contribution < -0.4 is 5.32 Å². The van der Waals surface area contributed by atoms with Crippen molar-refractivity contribution in [1.29, 1.82) is 0 Å². The predicted octanol–water partition coefficient (Wildman–Crippen LogP) is 3.48. The maximum atomic E-state index is 12.3. The monoisotopic (exact) mass is 317 g/mol. The van der Waals surface area contributed by atoms with Crippen molar-refractivity contribution in [2.45, 2.75) is 46.5 Å². The fraction of sp³-hybridized carbons (Fsp3) is 0.579. The molecule has 23 heavy (non-hydrogen) atoms. The van der Waals surface area contributed by atoms with E-state index in [0.717, 1.165) is 36.8 Å². The summed E-state index contributed by atoms with van der Waals surface area (Å²) in [5, 5.41) is 3.09. The zero-order valence-electron chi connectivity index (χ0n) is 14.4. The van der Waals surface area contributed by atoms with E-state index in [-0.39, 0.29) is 17.3 Å². The predicted molar refractivity (Wildman–Crippen MR) is 90.2 cm³/mol. The van der Waals surface area contributed by atoms with Crippen molar-refractivity contribution < 1.29 is 14.3 Å². The molecule has 2 rings (SSSR count). The fourth-order valence-corrected chi connectivity index (χ4v) is 3.17. The number of carbonyl (C=O) groups excluding carboxylic acids is 2. The lowest BCUT2D eigenvalue weighted by atomic mass is 9.72. The molecule has 0 aromatic heterocycles. The molecule has 1 N–H and O–H groups in total. The molecule has 1 saturated carbocycles. The number of benzene rings is 1. The Kier molecular flexibility index (Phi) is 5.80. The molecule has 1 aliphatic rings. The number of ether oxygens (including phenoxy) is 1. The Balaban J connectivity index is 1.81. The SMILES string of the molecule is CC(=O)OCC1CCC(C)(CNC(=O)c2ccccc2C)CC1. The first kappa shape index (κ1) is 17.5. The van der Waals surface area contributed by atoms with Crippen LogP contribution in [0.25, 0.3) is 0 Å². The second-order valence-corrected chi connectivity index (χ2v) is 7.05. The quantitative estimate of drug-likeness (QED) is 0.846. The Hall–Kier alpha value is -1.84. The van der Waals surface area contributed by atoms with E-state index in [1.165, 1.54) is 6.92 Å². The molecule has 1 fully saturated rings. The van der Waals surface area contributed by atoms with E-state index in [0.29, 0.717) is 19.1 Å². The first-order valence-electron chi connectivity index (χ1n) is 8.37. The molecule has 1 aromatic carbocycles. The van der Waals surface area contributed by atoms with Crippen LogP contribution in [-0.2, 0) is 9.53 Å². The topological polar surface area (TPSA) is 55.4 Å². The van der Waals surface area contributed by atoms with Crippen LogP contribution in [-0.4, -0.2) is 25.0 Å². The van der Waals surface area contributed by atoms with E-state index in [1.54, 1.807) is 0 Å². The molecule has 0 heterocycles. The third-order valence-electron chi connectivity index (χ3n) is 4.90. The van der Waals surface area contributed by atoms with E-state index in [2.05, 4.69) is 12.2 Å². The average Bonchev–Trinajstić information content (AvgIpc) is 2.53. The summed E-state index contributed by atoms with van der Waals surface area (Å²) in [7, 11) is 0. The third-order valence-corrected chi connectivity index (χ3v) is 4.90. The highest BCUT2D eigenvalue weighted by molar-refractivity contribution is 5.95. The van der Waals surface area contributed by atoms with Gasteiger partial charge in [0.25, 0.3) is 5.91 Å². The summed E-state index contributed by atoms with van der Waals surface area (Å²) < 4.78 is 5.11. The highest BCUT2D eigenvalue weighted by atomic mass is 16.5. The van der Waals surface area contributed by atoms with E-state index in [4.69, 9.17) is 4.74 Å². The molecule has 0 bridgehead atoms. The van der Waals surface area contributed by atoms with Crippen molar-refractivity contribution >= 4 is 11.9 Å². The van der Waals surface area contributed by atoms with Gasteiger partial charge in [0.15, 0.2) is 0 Å². The van der Waals surface area contributed by atoms with E-state index < -0.39 is 0 Å². The van der Waals surface area contributed by atoms with E-state index >= 15 is 0 Å². The highest BCUT2D eigenvalue weighted by Crippen LogP contribution is 2.38. The van der Waals surface area contributed by atoms with Gasteiger partial charge in [0.05, 0.1) is 6.61 Å². The van der Waals surface area contributed by atoms with Crippen LogP contribution in [0.15, 0.2) is 24.3 Å². The Bertz CT molecular complexity index is 559. The minimum atomic E-state index is -0.205. The highest BCUT2D eigenvalue weighted by Gasteiger charge is 2.31. The van der Waals surface area contributed by atoms with Crippen molar-refractivity contribution in [2.75, 3.05) is 13.2 Å². The molecule has 4 heteroatoms. The molecule has 1 aliphatic carbocycles. The van der Waals surface area contributed by atoms with Gasteiger partial charge in [-0.15, -0.1) is 0 Å². The van der Waals surface area contributed by atoms with Crippen molar-refractivity contribution in [3.05, 3.63) is 35.4 Å². The Morgan fingerprint density at radius 3 is 2.52 bits per heavy atom. The fourth-order valence-electron chi connectivity index (χ4n) is 3.17. The van der Waals surface area contributed by atoms with Gasteiger partial charge in [-0.25, -0.2) is 0 Å². The smallest absolute Gasteiger partial charge is 0.302 e. The van der Waals surface area contributed by atoms with Gasteiger partial charge in [0, 0.05) is 19.0 Å². The largest absolute Gasteiger partial charge is 0.466 e. The number of nitrogens with one attached hydrogen (secondary N) is 1. The summed E-state index contributed by atoms with van der Waals surface area (Å²) in [6.45, 7) is 6.86. The average molecular weight is 317 g/mol. The summed E-state index contributed by atoms with van der Waals surface area (Å²) in [6, 6.07) is 7.65. The zero-order valence-corrected chi connectivity index (χ0v) is 14.4. The number of hydrogen-bond donors (Lipinski definition) is 1. The molecule has 0 unspecified atom stereocenters. The van der Waals surface area contributed by atoms with Crippen molar-refractivity contribution in [3.8, 4) is 0 Å². The van der Waals surface area contributed by atoms with Gasteiger partial charge < -0.3 is 10.1 Å². The molecule has 0 radical (unpaired) electrons. The number of hydrogen-bond acceptors (Lipinski definition) is 3. The van der Waals surface area contributed by atoms with E-state index in [9.17, 15) is 9.59 Å². The van der Waals surface area contributed by atoms with Crippen LogP contribution >= 0.6 is 0 Å². The van der Waals surface area contributed by atoms with Crippen LogP contribution in [0.2, 0.25) is 0 Å². The molecule has 0 atom stereocenters. The normalized spacial score (nSPS) is 24.0. The Morgan fingerprint density at radius 2 is 1.91 bits per heavy atom. The molecular weight excluding hydrogens is 290 g/mol. The van der Waals surface area contributed by atoms with Gasteiger partial charge in [-0.2, -0.15) is 0 Å². The summed E-state index contributed by atoms with van der Waals surface area (Å²) in [5.74, 6) is 0.259. The minimum absolute atomic E-state index is 0.00589. The van der Waals surface area contributed by atoms with Crippen molar-refractivity contribution in [2.24, 2.45) is 11.3 Å². The summed E-state index contributed by atoms with van der Waals surface area (Å²) in [6.07, 6.45) is 4.19. The number of aryl methyl sites for hydroxylation is 1. The van der Waals surface area contributed by atoms with E-state index in [1.807, 2.05) is 31.2 Å². The number of amides is 1. The van der Waals surface area contributed by atoms with Crippen molar-refractivity contribution in [1.82, 2.24) is 5.32 Å². The van der Waals surface area contributed by atoms with Crippen LogP contribution in [0.5, 0.6) is 0 Å². The summed E-state index contributed by atoms with van der Waals surface area (Å²) >= 11 is 0.